The Balaban J connectivity index is 1.33. The lowest BCUT2D eigenvalue weighted by Gasteiger charge is -2.52. The maximum Gasteiger partial charge on any atom is 0.305 e. The van der Waals surface area contributed by atoms with Crippen LogP contribution in [0.3, 0.4) is 0 Å². The summed E-state index contributed by atoms with van der Waals surface area (Å²) in [7, 11) is 5.01. The Bertz CT molecular complexity index is 1520. The van der Waals surface area contributed by atoms with Gasteiger partial charge in [-0.25, -0.2) is 13.2 Å². The zero-order valence-corrected chi connectivity index (χ0v) is 28.5. The van der Waals surface area contributed by atoms with Crippen LogP contribution in [0.1, 0.15) is 62.1 Å². The van der Waals surface area contributed by atoms with Gasteiger partial charge in [0, 0.05) is 44.0 Å². The molecular formula is C37H48F3N5O3. The molecule has 0 aromatic heterocycles. The number of methoxy groups -OCH3 is 1. The molecule has 1 N–H and O–H groups in total. The van der Waals surface area contributed by atoms with Crippen LogP contribution in [-0.2, 0) is 26.3 Å². The predicted octanol–water partition coefficient (Wildman–Crippen LogP) is 5.19. The first-order valence-corrected chi connectivity index (χ1v) is 17.0. The summed E-state index contributed by atoms with van der Waals surface area (Å²) in [5, 5.41) is 12.5. The second-order valence-corrected chi connectivity index (χ2v) is 14.4. The smallest absolute Gasteiger partial charge is 0.305 e. The van der Waals surface area contributed by atoms with Gasteiger partial charge in [0.2, 0.25) is 5.91 Å². The van der Waals surface area contributed by atoms with Crippen molar-refractivity contribution < 1.29 is 27.5 Å². The number of benzene rings is 2. The van der Waals surface area contributed by atoms with Crippen molar-refractivity contribution in [2.75, 3.05) is 65.4 Å². The summed E-state index contributed by atoms with van der Waals surface area (Å²) in [5.74, 6) is -1.15. The first-order chi connectivity index (χ1) is 22.9. The Morgan fingerprint density at radius 3 is 2.48 bits per heavy atom. The van der Waals surface area contributed by atoms with Gasteiger partial charge in [-0.2, -0.15) is 5.26 Å². The molecule has 1 amide bonds. The maximum absolute atomic E-state index is 16.1. The standard InChI is InChI=1S/C37H48F3N5O3/c1-25(46)42-21-37(29-8-6-9-30(38)18-29,32-10-5-7-26(32)17-34(47)48-4)28-13-15-44(16-14-28)22-36(40)23-45(24-36)33-12-11-27(19-41)31(35(33)39)20-43(2)3/h6,8-9,11-12,18,26,28,32H,5,7,10,13-17,20-24H2,1-4H3,(H,42,46)/t26-,32+,37+/m1/s1. The van der Waals surface area contributed by atoms with Gasteiger partial charge in [-0.15, -0.1) is 0 Å². The minimum atomic E-state index is -1.51. The van der Waals surface area contributed by atoms with Gasteiger partial charge in [0.25, 0.3) is 0 Å². The molecule has 260 valence electrons. The molecule has 1 saturated carbocycles. The zero-order valence-electron chi connectivity index (χ0n) is 28.5. The van der Waals surface area contributed by atoms with Gasteiger partial charge in [-0.05, 0) is 100 Å². The Labute approximate surface area is 282 Å². The number of hydrogen-bond acceptors (Lipinski definition) is 7. The third-order valence-electron chi connectivity index (χ3n) is 10.9. The monoisotopic (exact) mass is 667 g/mol. The van der Waals surface area contributed by atoms with Gasteiger partial charge in [-0.1, -0.05) is 18.6 Å². The SMILES string of the molecule is COC(=O)C[C@H]1CCC[C@@H]1[C@](CNC(C)=O)(c1cccc(F)c1)C1CCN(CC2(F)CN(c3ccc(C#N)c(CN(C)C)c3F)C2)CC1. The Morgan fingerprint density at radius 1 is 1.12 bits per heavy atom. The number of anilines is 1. The van der Waals surface area contributed by atoms with Crippen molar-refractivity contribution in [3.63, 3.8) is 0 Å². The molecule has 2 aliphatic heterocycles. The number of nitriles is 1. The number of halogens is 3. The van der Waals surface area contributed by atoms with Crippen LogP contribution in [0.4, 0.5) is 18.9 Å². The topological polar surface area (TPSA) is 88.9 Å². The lowest BCUT2D eigenvalue weighted by atomic mass is 9.57. The van der Waals surface area contributed by atoms with Gasteiger partial charge >= 0.3 is 5.97 Å². The largest absolute Gasteiger partial charge is 0.469 e. The minimum Gasteiger partial charge on any atom is -0.469 e. The first-order valence-electron chi connectivity index (χ1n) is 17.0. The first kappa shape index (κ1) is 35.7. The number of carbonyl (C=O) groups is 2. The Hall–Kier alpha value is -3.62. The Kier molecular flexibility index (Phi) is 11.1. The molecule has 48 heavy (non-hydrogen) atoms. The summed E-state index contributed by atoms with van der Waals surface area (Å²) < 4.78 is 51.5. The molecule has 5 rings (SSSR count). The summed E-state index contributed by atoms with van der Waals surface area (Å²) in [5.41, 5.74) is -0.396. The molecule has 0 radical (unpaired) electrons. The van der Waals surface area contributed by atoms with E-state index in [4.69, 9.17) is 4.74 Å². The lowest BCUT2D eigenvalue weighted by molar-refractivity contribution is -0.142. The summed E-state index contributed by atoms with van der Waals surface area (Å²) in [6, 6.07) is 11.9. The molecule has 3 aliphatic rings. The highest BCUT2D eigenvalue weighted by molar-refractivity contribution is 5.73. The third-order valence-corrected chi connectivity index (χ3v) is 10.9. The molecule has 2 saturated heterocycles. The fourth-order valence-electron chi connectivity index (χ4n) is 8.78. The molecule has 0 bridgehead atoms. The second kappa shape index (κ2) is 14.9. The number of ether oxygens (including phenoxy) is 1. The second-order valence-electron chi connectivity index (χ2n) is 14.4. The van der Waals surface area contributed by atoms with Crippen molar-refractivity contribution in [1.82, 2.24) is 15.1 Å². The number of nitrogens with one attached hydrogen (secondary N) is 1. The van der Waals surface area contributed by atoms with Crippen LogP contribution in [0.15, 0.2) is 36.4 Å². The van der Waals surface area contributed by atoms with Crippen LogP contribution in [0.2, 0.25) is 0 Å². The van der Waals surface area contributed by atoms with E-state index in [1.54, 1.807) is 34.1 Å². The summed E-state index contributed by atoms with van der Waals surface area (Å²) >= 11 is 0. The number of rotatable bonds is 12. The van der Waals surface area contributed by atoms with E-state index in [-0.39, 0.29) is 73.6 Å². The molecule has 2 aromatic rings. The molecule has 8 nitrogen and oxygen atoms in total. The minimum absolute atomic E-state index is 0.0224. The molecule has 0 unspecified atom stereocenters. The van der Waals surface area contributed by atoms with E-state index in [1.165, 1.54) is 20.1 Å². The molecule has 2 aromatic carbocycles. The summed E-state index contributed by atoms with van der Waals surface area (Å²) in [4.78, 5) is 30.4. The molecule has 1 aliphatic carbocycles. The van der Waals surface area contributed by atoms with Crippen LogP contribution in [0, 0.1) is 40.7 Å². The van der Waals surface area contributed by atoms with Crippen LogP contribution >= 0.6 is 0 Å². The number of likely N-dealkylation sites (tertiary alicyclic amines) is 1. The van der Waals surface area contributed by atoms with Gasteiger partial charge in [0.1, 0.15) is 5.82 Å². The van der Waals surface area contributed by atoms with Crippen LogP contribution in [-0.4, -0.2) is 87.8 Å². The highest BCUT2D eigenvalue weighted by Gasteiger charge is 2.53. The highest BCUT2D eigenvalue weighted by atomic mass is 19.1. The van der Waals surface area contributed by atoms with Gasteiger partial charge in [0.05, 0.1) is 37.5 Å². The van der Waals surface area contributed by atoms with Gasteiger partial charge in [-0.3, -0.25) is 14.5 Å². The van der Waals surface area contributed by atoms with Crippen molar-refractivity contribution in [2.24, 2.45) is 17.8 Å². The predicted molar refractivity (Wildman–Crippen MR) is 178 cm³/mol. The highest BCUT2D eigenvalue weighted by Crippen LogP contribution is 2.53. The van der Waals surface area contributed by atoms with E-state index >= 15 is 8.78 Å². The fourth-order valence-corrected chi connectivity index (χ4v) is 8.78. The van der Waals surface area contributed by atoms with E-state index in [0.717, 1.165) is 37.7 Å². The van der Waals surface area contributed by atoms with Crippen molar-refractivity contribution >= 4 is 17.6 Å². The van der Waals surface area contributed by atoms with Crippen molar-refractivity contribution in [2.45, 2.75) is 63.1 Å². The van der Waals surface area contributed by atoms with E-state index in [2.05, 4.69) is 16.3 Å². The molecular weight excluding hydrogens is 619 g/mol. The average Bonchev–Trinajstić information content (AvgIpc) is 3.49. The Morgan fingerprint density at radius 2 is 1.85 bits per heavy atom. The van der Waals surface area contributed by atoms with Crippen molar-refractivity contribution in [1.29, 1.82) is 5.26 Å². The molecule has 3 atom stereocenters. The molecule has 0 spiro atoms. The van der Waals surface area contributed by atoms with Crippen LogP contribution in [0.25, 0.3) is 0 Å². The number of piperidine rings is 1. The lowest BCUT2D eigenvalue weighted by Crippen LogP contribution is -2.65. The zero-order chi connectivity index (χ0) is 34.6. The number of nitrogens with zero attached hydrogens (tertiary/aromatic N) is 4. The van der Waals surface area contributed by atoms with Crippen LogP contribution < -0.4 is 10.2 Å². The van der Waals surface area contributed by atoms with E-state index in [0.29, 0.717) is 30.9 Å². The summed E-state index contributed by atoms with van der Waals surface area (Å²) in [6.07, 6.45) is 4.34. The normalized spacial score (nSPS) is 22.5. The quantitative estimate of drug-likeness (QED) is 0.312. The molecule has 2 heterocycles. The van der Waals surface area contributed by atoms with Gasteiger partial charge < -0.3 is 19.9 Å². The molecule has 11 heteroatoms. The molecule has 3 fully saturated rings. The van der Waals surface area contributed by atoms with E-state index < -0.39 is 16.9 Å². The number of esters is 1. The van der Waals surface area contributed by atoms with Crippen molar-refractivity contribution in [3.8, 4) is 6.07 Å². The third kappa shape index (κ3) is 7.50. The van der Waals surface area contributed by atoms with Crippen molar-refractivity contribution in [3.05, 3.63) is 64.7 Å². The number of hydrogen-bond donors (Lipinski definition) is 1. The van der Waals surface area contributed by atoms with E-state index in [9.17, 15) is 19.2 Å². The summed E-state index contributed by atoms with van der Waals surface area (Å²) in [6.45, 7) is 3.66. The number of carbonyl (C=O) groups excluding carboxylic acids is 2. The van der Waals surface area contributed by atoms with Gasteiger partial charge in [0.15, 0.2) is 11.5 Å². The van der Waals surface area contributed by atoms with E-state index in [1.807, 2.05) is 20.2 Å². The number of amides is 1. The fraction of sp³-hybridized carbons (Fsp3) is 0.595. The average molecular weight is 668 g/mol. The maximum atomic E-state index is 16.1. The van der Waals surface area contributed by atoms with Crippen LogP contribution in [0.5, 0.6) is 0 Å². The number of alkyl halides is 1.